The van der Waals surface area contributed by atoms with Crippen LogP contribution < -0.4 is 5.32 Å². The van der Waals surface area contributed by atoms with E-state index in [1.807, 2.05) is 44.2 Å². The van der Waals surface area contributed by atoms with Crippen molar-refractivity contribution in [1.29, 1.82) is 0 Å². The molecule has 24 heavy (non-hydrogen) atoms. The van der Waals surface area contributed by atoms with E-state index in [2.05, 4.69) is 5.32 Å². The number of hydrogen-bond donors (Lipinski definition) is 2. The summed E-state index contributed by atoms with van der Waals surface area (Å²) in [5.41, 5.74) is 1.95. The molecule has 4 heteroatoms. The van der Waals surface area contributed by atoms with E-state index in [4.69, 9.17) is 5.11 Å². The lowest BCUT2D eigenvalue weighted by Gasteiger charge is -2.24. The topological polar surface area (TPSA) is 66.4 Å². The Bertz CT molecular complexity index is 705. The third-order valence-corrected chi connectivity index (χ3v) is 4.14. The largest absolute Gasteiger partial charge is 0.481 e. The molecule has 0 saturated carbocycles. The number of carbonyl (C=O) groups excluding carboxylic acids is 1. The van der Waals surface area contributed by atoms with Crippen LogP contribution in [0.15, 0.2) is 54.6 Å². The average Bonchev–Trinajstić information content (AvgIpc) is 2.55. The third-order valence-electron chi connectivity index (χ3n) is 4.14. The molecule has 0 aliphatic rings. The first kappa shape index (κ1) is 17.7. The molecular formula is C20H23NO3. The first-order valence-electron chi connectivity index (χ1n) is 7.98. The van der Waals surface area contributed by atoms with E-state index in [1.54, 1.807) is 31.2 Å². The molecule has 0 heterocycles. The molecular weight excluding hydrogens is 302 g/mol. The summed E-state index contributed by atoms with van der Waals surface area (Å²) in [5, 5.41) is 11.9. The van der Waals surface area contributed by atoms with Gasteiger partial charge in [0.15, 0.2) is 0 Å². The quantitative estimate of drug-likeness (QED) is 0.841. The van der Waals surface area contributed by atoms with E-state index in [0.717, 1.165) is 5.56 Å². The van der Waals surface area contributed by atoms with Gasteiger partial charge in [0.2, 0.25) is 5.91 Å². The lowest BCUT2D eigenvalue weighted by molar-refractivity contribution is -0.138. The number of hydrogen-bond acceptors (Lipinski definition) is 2. The maximum atomic E-state index is 12.6. The van der Waals surface area contributed by atoms with Crippen LogP contribution in [0, 0.1) is 5.41 Å². The van der Waals surface area contributed by atoms with Gasteiger partial charge >= 0.3 is 5.97 Å². The Morgan fingerprint density at radius 1 is 1.04 bits per heavy atom. The van der Waals surface area contributed by atoms with Crippen LogP contribution in [0.4, 0.5) is 5.69 Å². The summed E-state index contributed by atoms with van der Waals surface area (Å²) < 4.78 is 0. The molecule has 1 amide bonds. The summed E-state index contributed by atoms with van der Waals surface area (Å²) in [6, 6.07) is 16.9. The molecule has 0 saturated heterocycles. The van der Waals surface area contributed by atoms with Crippen LogP contribution in [0.3, 0.4) is 0 Å². The van der Waals surface area contributed by atoms with Gasteiger partial charge in [-0.25, -0.2) is 0 Å². The predicted octanol–water partition coefficient (Wildman–Crippen LogP) is 4.08. The van der Waals surface area contributed by atoms with Crippen LogP contribution in [0.2, 0.25) is 0 Å². The molecule has 0 aliphatic carbocycles. The zero-order valence-corrected chi connectivity index (χ0v) is 14.2. The van der Waals surface area contributed by atoms with Crippen molar-refractivity contribution in [3.05, 3.63) is 65.7 Å². The van der Waals surface area contributed by atoms with Gasteiger partial charge in [-0.15, -0.1) is 0 Å². The first-order valence-corrected chi connectivity index (χ1v) is 7.98. The number of carbonyl (C=O) groups is 2. The van der Waals surface area contributed by atoms with E-state index in [0.29, 0.717) is 17.7 Å². The number of anilines is 1. The highest BCUT2D eigenvalue weighted by atomic mass is 16.4. The zero-order chi connectivity index (χ0) is 17.7. The van der Waals surface area contributed by atoms with Crippen LogP contribution >= 0.6 is 0 Å². The highest BCUT2D eigenvalue weighted by Gasteiger charge is 2.28. The molecule has 126 valence electrons. The van der Waals surface area contributed by atoms with Gasteiger partial charge in [0.1, 0.15) is 0 Å². The number of rotatable bonds is 6. The smallest absolute Gasteiger partial charge is 0.310 e. The van der Waals surface area contributed by atoms with Crippen molar-refractivity contribution >= 4 is 17.6 Å². The van der Waals surface area contributed by atoms with Crippen molar-refractivity contribution in [2.24, 2.45) is 5.41 Å². The number of nitrogens with one attached hydrogen (secondary N) is 1. The van der Waals surface area contributed by atoms with Crippen LogP contribution in [0.5, 0.6) is 0 Å². The van der Waals surface area contributed by atoms with Gasteiger partial charge in [-0.05, 0) is 36.6 Å². The van der Waals surface area contributed by atoms with E-state index in [-0.39, 0.29) is 5.91 Å². The van der Waals surface area contributed by atoms with Gasteiger partial charge in [-0.2, -0.15) is 0 Å². The second-order valence-corrected chi connectivity index (χ2v) is 6.68. The molecule has 2 rings (SSSR count). The molecule has 2 aromatic rings. The number of aliphatic carboxylic acids is 1. The van der Waals surface area contributed by atoms with Gasteiger partial charge in [0.05, 0.1) is 5.92 Å². The van der Waals surface area contributed by atoms with E-state index >= 15 is 0 Å². The van der Waals surface area contributed by atoms with Crippen molar-refractivity contribution in [2.75, 3.05) is 5.32 Å². The third kappa shape index (κ3) is 4.44. The second-order valence-electron chi connectivity index (χ2n) is 6.68. The second kappa shape index (κ2) is 7.30. The van der Waals surface area contributed by atoms with Crippen LogP contribution in [0.25, 0.3) is 0 Å². The first-order chi connectivity index (χ1) is 11.3. The lowest BCUT2D eigenvalue weighted by Crippen LogP contribution is -2.32. The molecule has 0 aliphatic heterocycles. The molecule has 4 nitrogen and oxygen atoms in total. The van der Waals surface area contributed by atoms with Crippen molar-refractivity contribution in [2.45, 2.75) is 33.1 Å². The van der Waals surface area contributed by atoms with Gasteiger partial charge < -0.3 is 10.4 Å². The summed E-state index contributed by atoms with van der Waals surface area (Å²) in [6.45, 7) is 5.46. The Kier molecular flexibility index (Phi) is 5.39. The predicted molar refractivity (Wildman–Crippen MR) is 95.0 cm³/mol. The minimum Gasteiger partial charge on any atom is -0.481 e. The summed E-state index contributed by atoms with van der Waals surface area (Å²) in [4.78, 5) is 23.6. The lowest BCUT2D eigenvalue weighted by atomic mass is 9.84. The molecule has 2 aromatic carbocycles. The summed E-state index contributed by atoms with van der Waals surface area (Å²) in [5.74, 6) is -1.49. The Labute approximate surface area is 142 Å². The Morgan fingerprint density at radius 2 is 1.62 bits per heavy atom. The number of amides is 1. The van der Waals surface area contributed by atoms with E-state index in [9.17, 15) is 9.59 Å². The maximum Gasteiger partial charge on any atom is 0.310 e. The van der Waals surface area contributed by atoms with Gasteiger partial charge in [-0.3, -0.25) is 9.59 Å². The summed E-state index contributed by atoms with van der Waals surface area (Å²) >= 11 is 0. The Balaban J connectivity index is 2.04. The molecule has 0 radical (unpaired) electrons. The number of carboxylic acids is 1. The average molecular weight is 325 g/mol. The van der Waals surface area contributed by atoms with E-state index < -0.39 is 17.3 Å². The van der Waals surface area contributed by atoms with E-state index in [1.165, 1.54) is 0 Å². The Morgan fingerprint density at radius 3 is 2.17 bits per heavy atom. The molecule has 0 bridgehead atoms. The number of benzene rings is 2. The van der Waals surface area contributed by atoms with Gasteiger partial charge in [0.25, 0.3) is 0 Å². The summed E-state index contributed by atoms with van der Waals surface area (Å²) in [6.07, 6.45) is 0.647. The Hall–Kier alpha value is -2.62. The molecule has 0 spiro atoms. The zero-order valence-electron chi connectivity index (χ0n) is 14.2. The highest BCUT2D eigenvalue weighted by molar-refractivity contribution is 5.95. The number of carboxylic acid groups (broad SMARTS) is 1. The fraction of sp³-hybridized carbons (Fsp3) is 0.300. The fourth-order valence-electron chi connectivity index (χ4n) is 2.48. The molecule has 0 fully saturated rings. The fourth-order valence-corrected chi connectivity index (χ4v) is 2.48. The van der Waals surface area contributed by atoms with Crippen LogP contribution in [0.1, 0.15) is 37.8 Å². The highest BCUT2D eigenvalue weighted by Crippen LogP contribution is 2.25. The van der Waals surface area contributed by atoms with Crippen molar-refractivity contribution in [1.82, 2.24) is 0 Å². The SMILES string of the molecule is CC(C(=O)O)c1ccc(NC(=O)C(C)(C)Cc2ccccc2)cc1. The summed E-state index contributed by atoms with van der Waals surface area (Å²) in [7, 11) is 0. The van der Waals surface area contributed by atoms with Crippen molar-refractivity contribution in [3.63, 3.8) is 0 Å². The van der Waals surface area contributed by atoms with Crippen molar-refractivity contribution in [3.8, 4) is 0 Å². The van der Waals surface area contributed by atoms with Gasteiger partial charge in [0, 0.05) is 11.1 Å². The van der Waals surface area contributed by atoms with Crippen LogP contribution in [-0.2, 0) is 16.0 Å². The normalized spacial score (nSPS) is 12.5. The van der Waals surface area contributed by atoms with Crippen LogP contribution in [-0.4, -0.2) is 17.0 Å². The van der Waals surface area contributed by atoms with Crippen molar-refractivity contribution < 1.29 is 14.7 Å². The van der Waals surface area contributed by atoms with Gasteiger partial charge in [-0.1, -0.05) is 56.3 Å². The monoisotopic (exact) mass is 325 g/mol. The molecule has 1 atom stereocenters. The minimum absolute atomic E-state index is 0.0645. The maximum absolute atomic E-state index is 12.6. The standard InChI is InChI=1S/C20H23NO3/c1-14(18(22)23)16-9-11-17(12-10-16)21-19(24)20(2,3)13-15-7-5-4-6-8-15/h4-12,14H,13H2,1-3H3,(H,21,24)(H,22,23). The molecule has 2 N–H and O–H groups in total. The molecule has 1 unspecified atom stereocenters. The minimum atomic E-state index is -0.865. The molecule has 0 aromatic heterocycles.